The van der Waals surface area contributed by atoms with Gasteiger partial charge in [-0.3, -0.25) is 9.59 Å². The summed E-state index contributed by atoms with van der Waals surface area (Å²) in [5.41, 5.74) is 0.776. The summed E-state index contributed by atoms with van der Waals surface area (Å²) in [7, 11) is 1.33. The van der Waals surface area contributed by atoms with Crippen LogP contribution in [-0.2, 0) is 20.9 Å². The smallest absolute Gasteiger partial charge is 0.310 e. The number of carbonyl (C=O) groups excluding carboxylic acids is 2. The number of ether oxygens (including phenoxy) is 1. The maximum absolute atomic E-state index is 11.8. The van der Waals surface area contributed by atoms with Crippen LogP contribution in [0.1, 0.15) is 12.0 Å². The van der Waals surface area contributed by atoms with Gasteiger partial charge in [0, 0.05) is 31.3 Å². The summed E-state index contributed by atoms with van der Waals surface area (Å²) >= 11 is 5.94. The second-order valence-corrected chi connectivity index (χ2v) is 4.51. The van der Waals surface area contributed by atoms with Gasteiger partial charge in [-0.2, -0.15) is 0 Å². The molecular formula is C12H13ClN2O3. The van der Waals surface area contributed by atoms with E-state index in [9.17, 15) is 9.59 Å². The predicted molar refractivity (Wildman–Crippen MR) is 64.8 cm³/mol. The summed E-state index contributed by atoms with van der Waals surface area (Å²) in [5, 5.41) is 0.381. The van der Waals surface area contributed by atoms with Gasteiger partial charge in [-0.25, -0.2) is 4.98 Å². The van der Waals surface area contributed by atoms with Gasteiger partial charge in [0.2, 0.25) is 5.91 Å². The van der Waals surface area contributed by atoms with Crippen LogP contribution in [-0.4, -0.2) is 35.4 Å². The zero-order valence-corrected chi connectivity index (χ0v) is 10.7. The number of aromatic nitrogens is 1. The molecule has 1 aliphatic rings. The van der Waals surface area contributed by atoms with Crippen LogP contribution in [0, 0.1) is 5.92 Å². The van der Waals surface area contributed by atoms with Gasteiger partial charge in [0.25, 0.3) is 0 Å². The molecule has 2 rings (SSSR count). The maximum Gasteiger partial charge on any atom is 0.310 e. The summed E-state index contributed by atoms with van der Waals surface area (Å²) in [4.78, 5) is 28.7. The van der Waals surface area contributed by atoms with Crippen LogP contribution in [0.4, 0.5) is 0 Å². The lowest BCUT2D eigenvalue weighted by Gasteiger charge is -2.16. The van der Waals surface area contributed by atoms with Gasteiger partial charge in [0.05, 0.1) is 13.0 Å². The minimum Gasteiger partial charge on any atom is -0.469 e. The highest BCUT2D eigenvalue weighted by molar-refractivity contribution is 6.30. The van der Waals surface area contributed by atoms with Crippen LogP contribution in [0.2, 0.25) is 5.15 Å². The molecule has 96 valence electrons. The lowest BCUT2D eigenvalue weighted by molar-refractivity contribution is -0.145. The Hall–Kier alpha value is -1.62. The summed E-state index contributed by atoms with van der Waals surface area (Å²) < 4.78 is 4.65. The summed E-state index contributed by atoms with van der Waals surface area (Å²) in [5.74, 6) is -0.786. The van der Waals surface area contributed by atoms with E-state index in [-0.39, 0.29) is 24.2 Å². The Morgan fingerprint density at radius 1 is 1.67 bits per heavy atom. The average molecular weight is 269 g/mol. The second-order valence-electron chi connectivity index (χ2n) is 4.15. The first kappa shape index (κ1) is 12.8. The van der Waals surface area contributed by atoms with Crippen LogP contribution in [0.25, 0.3) is 0 Å². The molecule has 1 unspecified atom stereocenters. The minimum absolute atomic E-state index is 0.0645. The van der Waals surface area contributed by atoms with Gasteiger partial charge in [0.1, 0.15) is 5.15 Å². The topological polar surface area (TPSA) is 59.5 Å². The van der Waals surface area contributed by atoms with Crippen molar-refractivity contribution in [2.24, 2.45) is 5.92 Å². The molecule has 1 saturated heterocycles. The van der Waals surface area contributed by atoms with E-state index >= 15 is 0 Å². The van der Waals surface area contributed by atoms with E-state index in [1.54, 1.807) is 17.2 Å². The Bertz CT molecular complexity index is 478. The van der Waals surface area contributed by atoms with Gasteiger partial charge < -0.3 is 9.64 Å². The fourth-order valence-electron chi connectivity index (χ4n) is 1.99. The molecule has 0 bridgehead atoms. The fourth-order valence-corrected chi connectivity index (χ4v) is 2.17. The van der Waals surface area contributed by atoms with Crippen LogP contribution < -0.4 is 0 Å². The molecule has 0 radical (unpaired) electrons. The van der Waals surface area contributed by atoms with Crippen LogP contribution >= 0.6 is 11.6 Å². The molecule has 1 aromatic rings. The Morgan fingerprint density at radius 3 is 3.11 bits per heavy atom. The van der Waals surface area contributed by atoms with Crippen molar-refractivity contribution in [3.63, 3.8) is 0 Å². The van der Waals surface area contributed by atoms with Gasteiger partial charge in [-0.1, -0.05) is 17.7 Å². The molecule has 0 N–H and O–H groups in total. The third-order valence-electron chi connectivity index (χ3n) is 2.95. The lowest BCUT2D eigenvalue weighted by Crippen LogP contribution is -2.26. The van der Waals surface area contributed by atoms with E-state index in [1.807, 2.05) is 6.07 Å². The van der Waals surface area contributed by atoms with Crippen molar-refractivity contribution in [2.75, 3.05) is 13.7 Å². The largest absolute Gasteiger partial charge is 0.469 e. The number of amides is 1. The summed E-state index contributed by atoms with van der Waals surface area (Å²) in [6, 6.07) is 3.58. The van der Waals surface area contributed by atoms with E-state index in [2.05, 4.69) is 9.72 Å². The van der Waals surface area contributed by atoms with Gasteiger partial charge in [-0.05, 0) is 6.07 Å². The van der Waals surface area contributed by atoms with Crippen molar-refractivity contribution >= 4 is 23.5 Å². The molecule has 5 nitrogen and oxygen atoms in total. The van der Waals surface area contributed by atoms with E-state index in [4.69, 9.17) is 11.6 Å². The highest BCUT2D eigenvalue weighted by Gasteiger charge is 2.35. The summed E-state index contributed by atoms with van der Waals surface area (Å²) in [6.07, 6.45) is 1.79. The molecule has 1 fully saturated rings. The number of pyridine rings is 1. The third-order valence-corrected chi connectivity index (χ3v) is 3.29. The molecule has 0 saturated carbocycles. The van der Waals surface area contributed by atoms with E-state index < -0.39 is 0 Å². The zero-order valence-electron chi connectivity index (χ0n) is 9.93. The normalized spacial score (nSPS) is 19.1. The first-order chi connectivity index (χ1) is 8.61. The molecule has 0 spiro atoms. The first-order valence-electron chi connectivity index (χ1n) is 5.57. The van der Waals surface area contributed by atoms with Crippen molar-refractivity contribution in [3.05, 3.63) is 29.0 Å². The van der Waals surface area contributed by atoms with Crippen molar-refractivity contribution in [1.82, 2.24) is 9.88 Å². The zero-order chi connectivity index (χ0) is 13.1. The number of likely N-dealkylation sites (tertiary alicyclic amines) is 1. The molecule has 6 heteroatoms. The molecule has 0 aliphatic carbocycles. The van der Waals surface area contributed by atoms with Crippen molar-refractivity contribution in [2.45, 2.75) is 13.0 Å². The number of rotatable bonds is 3. The molecule has 0 aromatic carbocycles. The molecule has 1 aromatic heterocycles. The average Bonchev–Trinajstić information content (AvgIpc) is 2.73. The number of carbonyl (C=O) groups is 2. The second kappa shape index (κ2) is 5.35. The molecule has 2 heterocycles. The Balaban J connectivity index is 2.05. The number of methoxy groups -OCH3 is 1. The molecular weight excluding hydrogens is 256 g/mol. The van der Waals surface area contributed by atoms with Gasteiger partial charge in [0.15, 0.2) is 0 Å². The predicted octanol–water partition coefficient (Wildman–Crippen LogP) is 1.26. The van der Waals surface area contributed by atoms with E-state index in [1.165, 1.54) is 7.11 Å². The van der Waals surface area contributed by atoms with Crippen molar-refractivity contribution in [3.8, 4) is 0 Å². The number of halogens is 1. The highest BCUT2D eigenvalue weighted by Crippen LogP contribution is 2.23. The number of hydrogen-bond acceptors (Lipinski definition) is 4. The molecule has 18 heavy (non-hydrogen) atoms. The van der Waals surface area contributed by atoms with Crippen molar-refractivity contribution in [1.29, 1.82) is 0 Å². The molecule has 1 atom stereocenters. The number of esters is 1. The lowest BCUT2D eigenvalue weighted by atomic mass is 10.1. The first-order valence-corrected chi connectivity index (χ1v) is 5.94. The molecule has 1 aliphatic heterocycles. The van der Waals surface area contributed by atoms with Crippen molar-refractivity contribution < 1.29 is 14.3 Å². The standard InChI is InChI=1S/C12H13ClN2O3/c1-18-12(17)9-5-10(16)15(7-9)6-8-3-2-4-14-11(8)13/h2-4,9H,5-7H2,1H3. The Morgan fingerprint density at radius 2 is 2.44 bits per heavy atom. The quantitative estimate of drug-likeness (QED) is 0.612. The minimum atomic E-state index is -0.377. The monoisotopic (exact) mass is 268 g/mol. The third kappa shape index (κ3) is 2.61. The summed E-state index contributed by atoms with van der Waals surface area (Å²) in [6.45, 7) is 0.746. The van der Waals surface area contributed by atoms with Gasteiger partial charge >= 0.3 is 5.97 Å². The highest BCUT2D eigenvalue weighted by atomic mass is 35.5. The van der Waals surface area contributed by atoms with Gasteiger partial charge in [-0.15, -0.1) is 0 Å². The van der Waals surface area contributed by atoms with E-state index in [0.717, 1.165) is 5.56 Å². The maximum atomic E-state index is 11.8. The molecule has 1 amide bonds. The van der Waals surface area contributed by atoms with E-state index in [0.29, 0.717) is 18.2 Å². The van der Waals surface area contributed by atoms with Crippen LogP contribution in [0.15, 0.2) is 18.3 Å². The fraction of sp³-hybridized carbons (Fsp3) is 0.417. The Labute approximate surface area is 110 Å². The number of nitrogens with zero attached hydrogens (tertiary/aromatic N) is 2. The SMILES string of the molecule is COC(=O)C1CC(=O)N(Cc2cccnc2Cl)C1. The van der Waals surface area contributed by atoms with Crippen LogP contribution in [0.3, 0.4) is 0 Å². The van der Waals surface area contributed by atoms with Crippen LogP contribution in [0.5, 0.6) is 0 Å². The Kier molecular flexibility index (Phi) is 3.81. The number of hydrogen-bond donors (Lipinski definition) is 0.